The topological polar surface area (TPSA) is 162 Å². The van der Waals surface area contributed by atoms with Crippen molar-refractivity contribution in [1.29, 1.82) is 0 Å². The predicted octanol–water partition coefficient (Wildman–Crippen LogP) is 5.45. The minimum Gasteiger partial charge on any atom is -0.508 e. The van der Waals surface area contributed by atoms with Crippen molar-refractivity contribution in [2.75, 3.05) is 0 Å². The van der Waals surface area contributed by atoms with Crippen LogP contribution in [0.4, 0.5) is 0 Å². The lowest BCUT2D eigenvalue weighted by Crippen LogP contribution is -2.02. The summed E-state index contributed by atoms with van der Waals surface area (Å²) < 4.78 is 11.0. The molecule has 0 atom stereocenters. The average molecular weight is 524 g/mol. The molecule has 0 saturated carbocycles. The first-order valence-corrected chi connectivity index (χ1v) is 11.6. The Balaban J connectivity index is 0.000000160. The van der Waals surface area contributed by atoms with Gasteiger partial charge in [-0.25, -0.2) is 0 Å². The first-order valence-electron chi connectivity index (χ1n) is 11.6. The van der Waals surface area contributed by atoms with Gasteiger partial charge in [-0.3, -0.25) is 9.59 Å². The minimum atomic E-state index is -0.808. The number of para-hydroxylation sites is 1. The molecule has 0 fully saturated rings. The SMILES string of the molecule is O=c1c(O)c(-c2ccc(O)cc2)oc2cc(O)cc(O)c12.O=c1c(O)c(-c2ccccc2)oc2ccccc12. The van der Waals surface area contributed by atoms with Crippen LogP contribution in [0, 0.1) is 0 Å². The molecule has 9 nitrogen and oxygen atoms in total. The summed E-state index contributed by atoms with van der Waals surface area (Å²) in [6.45, 7) is 0. The Kier molecular flexibility index (Phi) is 6.39. The summed E-state index contributed by atoms with van der Waals surface area (Å²) in [5.74, 6) is -1.64. The third kappa shape index (κ3) is 4.72. The van der Waals surface area contributed by atoms with Crippen molar-refractivity contribution >= 4 is 21.9 Å². The van der Waals surface area contributed by atoms with Gasteiger partial charge in [0.2, 0.25) is 22.4 Å². The van der Waals surface area contributed by atoms with Gasteiger partial charge in [-0.1, -0.05) is 42.5 Å². The second-order valence-electron chi connectivity index (χ2n) is 8.46. The van der Waals surface area contributed by atoms with Crippen molar-refractivity contribution in [1.82, 2.24) is 0 Å². The molecule has 0 aliphatic rings. The highest BCUT2D eigenvalue weighted by atomic mass is 16.4. The van der Waals surface area contributed by atoms with Crippen molar-refractivity contribution in [3.05, 3.63) is 111 Å². The van der Waals surface area contributed by atoms with Gasteiger partial charge in [0.25, 0.3) is 0 Å². The van der Waals surface area contributed by atoms with E-state index in [1.165, 1.54) is 30.3 Å². The maximum atomic E-state index is 12.1. The summed E-state index contributed by atoms with van der Waals surface area (Å²) in [6.07, 6.45) is 0. The number of rotatable bonds is 2. The summed E-state index contributed by atoms with van der Waals surface area (Å²) in [4.78, 5) is 24.1. The van der Waals surface area contributed by atoms with E-state index in [0.717, 1.165) is 6.07 Å². The van der Waals surface area contributed by atoms with Crippen molar-refractivity contribution in [2.24, 2.45) is 0 Å². The number of phenols is 3. The quantitative estimate of drug-likeness (QED) is 0.198. The monoisotopic (exact) mass is 524 g/mol. The minimum absolute atomic E-state index is 0.0247. The molecule has 2 aromatic heterocycles. The van der Waals surface area contributed by atoms with Crippen LogP contribution in [0.3, 0.4) is 0 Å². The van der Waals surface area contributed by atoms with E-state index in [-0.39, 0.29) is 39.7 Å². The third-order valence-electron chi connectivity index (χ3n) is 5.87. The van der Waals surface area contributed by atoms with Crippen molar-refractivity contribution in [3.63, 3.8) is 0 Å². The molecule has 0 unspecified atom stereocenters. The summed E-state index contributed by atoms with van der Waals surface area (Å²) in [5.41, 5.74) is 0.245. The van der Waals surface area contributed by atoms with Crippen molar-refractivity contribution in [2.45, 2.75) is 0 Å². The lowest BCUT2D eigenvalue weighted by molar-refractivity contribution is 0.438. The molecule has 6 aromatic rings. The molecule has 2 heterocycles. The number of hydrogen-bond donors (Lipinski definition) is 5. The van der Waals surface area contributed by atoms with E-state index in [0.29, 0.717) is 22.1 Å². The fourth-order valence-corrected chi connectivity index (χ4v) is 4.00. The highest BCUT2D eigenvalue weighted by molar-refractivity contribution is 5.88. The molecule has 0 amide bonds. The lowest BCUT2D eigenvalue weighted by Gasteiger charge is -2.07. The maximum Gasteiger partial charge on any atom is 0.238 e. The Bertz CT molecular complexity index is 1940. The molecule has 0 spiro atoms. The Morgan fingerprint density at radius 2 is 1.08 bits per heavy atom. The van der Waals surface area contributed by atoms with Crippen LogP contribution in [0.15, 0.2) is 109 Å². The molecular formula is C30H20O9. The molecule has 0 bridgehead atoms. The Labute approximate surface area is 219 Å². The normalized spacial score (nSPS) is 10.8. The highest BCUT2D eigenvalue weighted by Gasteiger charge is 2.18. The first-order chi connectivity index (χ1) is 18.7. The Morgan fingerprint density at radius 1 is 0.513 bits per heavy atom. The largest absolute Gasteiger partial charge is 0.508 e. The molecule has 4 aromatic carbocycles. The summed E-state index contributed by atoms with van der Waals surface area (Å²) >= 11 is 0. The first kappa shape index (κ1) is 25.0. The number of aromatic hydroxyl groups is 5. The Hall–Kier alpha value is -5.70. The number of hydrogen-bond acceptors (Lipinski definition) is 9. The van der Waals surface area contributed by atoms with Gasteiger partial charge in [-0.2, -0.15) is 0 Å². The average Bonchev–Trinajstić information content (AvgIpc) is 2.94. The van der Waals surface area contributed by atoms with Crippen molar-refractivity contribution in [3.8, 4) is 51.4 Å². The van der Waals surface area contributed by atoms with Gasteiger partial charge < -0.3 is 34.4 Å². The van der Waals surface area contributed by atoms with Gasteiger partial charge in [0.1, 0.15) is 33.8 Å². The van der Waals surface area contributed by atoms with E-state index in [4.69, 9.17) is 8.83 Å². The summed E-state index contributed by atoms with van der Waals surface area (Å²) in [5, 5.41) is 48.5. The number of fused-ring (bicyclic) bond motifs is 2. The van der Waals surface area contributed by atoms with E-state index < -0.39 is 22.4 Å². The number of benzene rings is 4. The summed E-state index contributed by atoms with van der Waals surface area (Å²) in [7, 11) is 0. The van der Waals surface area contributed by atoms with Gasteiger partial charge in [-0.05, 0) is 36.4 Å². The smallest absolute Gasteiger partial charge is 0.238 e. The van der Waals surface area contributed by atoms with Gasteiger partial charge in [-0.15, -0.1) is 0 Å². The molecule has 0 aliphatic carbocycles. The standard InChI is InChI=1S/C15H10O6.C15H10O3/c16-8-3-1-7(2-4-8)15-14(20)13(19)12-10(18)5-9(17)6-11(12)21-15;16-13-11-8-4-5-9-12(11)18-15(14(13)17)10-6-2-1-3-7-10/h1-6,16-18,20H;1-9,17H. The fourth-order valence-electron chi connectivity index (χ4n) is 4.00. The van der Waals surface area contributed by atoms with Crippen LogP contribution >= 0.6 is 0 Å². The molecule has 9 heteroatoms. The zero-order chi connectivity index (χ0) is 27.7. The summed E-state index contributed by atoms with van der Waals surface area (Å²) in [6, 6.07) is 23.8. The van der Waals surface area contributed by atoms with E-state index >= 15 is 0 Å². The second kappa shape index (κ2) is 9.98. The van der Waals surface area contributed by atoms with Gasteiger partial charge in [0.05, 0.1) is 5.39 Å². The molecular weight excluding hydrogens is 504 g/mol. The van der Waals surface area contributed by atoms with Gasteiger partial charge in [0.15, 0.2) is 11.5 Å². The molecule has 194 valence electrons. The molecule has 0 aliphatic heterocycles. The van der Waals surface area contributed by atoms with Crippen LogP contribution in [0.2, 0.25) is 0 Å². The van der Waals surface area contributed by atoms with Crippen LogP contribution in [0.5, 0.6) is 28.7 Å². The van der Waals surface area contributed by atoms with Crippen molar-refractivity contribution < 1.29 is 34.4 Å². The van der Waals surface area contributed by atoms with Gasteiger partial charge >= 0.3 is 0 Å². The van der Waals surface area contributed by atoms with E-state index in [1.54, 1.807) is 36.4 Å². The zero-order valence-electron chi connectivity index (χ0n) is 20.0. The molecule has 6 rings (SSSR count). The molecule has 39 heavy (non-hydrogen) atoms. The highest BCUT2D eigenvalue weighted by Crippen LogP contribution is 2.35. The van der Waals surface area contributed by atoms with Crippen LogP contribution < -0.4 is 10.9 Å². The van der Waals surface area contributed by atoms with E-state index in [2.05, 4.69) is 0 Å². The number of phenolic OH excluding ortho intramolecular Hbond substituents is 3. The van der Waals surface area contributed by atoms with Crippen LogP contribution in [-0.4, -0.2) is 25.5 Å². The molecule has 0 radical (unpaired) electrons. The second-order valence-corrected chi connectivity index (χ2v) is 8.46. The van der Waals surface area contributed by atoms with E-state index in [9.17, 15) is 35.1 Å². The lowest BCUT2D eigenvalue weighted by atomic mass is 10.1. The van der Waals surface area contributed by atoms with Crippen LogP contribution in [-0.2, 0) is 0 Å². The fraction of sp³-hybridized carbons (Fsp3) is 0. The maximum absolute atomic E-state index is 12.1. The van der Waals surface area contributed by atoms with Gasteiger partial charge in [0, 0.05) is 23.3 Å². The van der Waals surface area contributed by atoms with Crippen LogP contribution in [0.1, 0.15) is 0 Å². The molecule has 0 saturated heterocycles. The zero-order valence-corrected chi connectivity index (χ0v) is 20.0. The van der Waals surface area contributed by atoms with Crippen LogP contribution in [0.25, 0.3) is 44.6 Å². The van der Waals surface area contributed by atoms with E-state index in [1.807, 2.05) is 18.2 Å². The predicted molar refractivity (Wildman–Crippen MR) is 144 cm³/mol. The Morgan fingerprint density at radius 3 is 1.77 bits per heavy atom. The molecule has 5 N–H and O–H groups in total. The third-order valence-corrected chi connectivity index (χ3v) is 5.87.